The highest BCUT2D eigenvalue weighted by atomic mass is 32.1. The van der Waals surface area contributed by atoms with Crippen LogP contribution in [0.1, 0.15) is 11.8 Å². The fourth-order valence-corrected chi connectivity index (χ4v) is 2.15. The van der Waals surface area contributed by atoms with Crippen LogP contribution in [0.2, 0.25) is 0 Å². The van der Waals surface area contributed by atoms with Crippen molar-refractivity contribution in [2.45, 2.75) is 6.92 Å². The maximum atomic E-state index is 11.9. The van der Waals surface area contributed by atoms with Gasteiger partial charge in [-0.1, -0.05) is 6.07 Å². The summed E-state index contributed by atoms with van der Waals surface area (Å²) in [6.45, 7) is 1.91. The van der Waals surface area contributed by atoms with Gasteiger partial charge in [-0.05, 0) is 24.4 Å². The van der Waals surface area contributed by atoms with Gasteiger partial charge < -0.3 is 0 Å². The smallest absolute Gasteiger partial charge is 0.273 e. The molecular weight excluding hydrogens is 240 g/mol. The molecule has 2 heterocycles. The third-order valence-corrected chi connectivity index (χ3v) is 3.15. The molecule has 17 heavy (non-hydrogen) atoms. The zero-order valence-corrected chi connectivity index (χ0v) is 9.91. The Morgan fingerprint density at radius 1 is 1.41 bits per heavy atom. The van der Waals surface area contributed by atoms with E-state index in [0.717, 1.165) is 9.78 Å². The van der Waals surface area contributed by atoms with Gasteiger partial charge in [0.25, 0.3) is 11.8 Å². The van der Waals surface area contributed by atoms with Crippen LogP contribution in [0.25, 0.3) is 6.08 Å². The molecule has 0 spiro atoms. The number of nitrogens with zero attached hydrogens (tertiary/aromatic N) is 1. The number of urea groups is 1. The van der Waals surface area contributed by atoms with Crippen LogP contribution < -0.4 is 5.32 Å². The zero-order valence-electron chi connectivity index (χ0n) is 9.10. The molecule has 0 aliphatic carbocycles. The molecule has 0 bridgehead atoms. The van der Waals surface area contributed by atoms with Crippen LogP contribution >= 0.6 is 11.3 Å². The second kappa shape index (κ2) is 4.50. The van der Waals surface area contributed by atoms with E-state index < -0.39 is 17.8 Å². The fraction of sp³-hybridized carbons (Fsp3) is 0.182. The molecule has 1 saturated heterocycles. The highest BCUT2D eigenvalue weighted by molar-refractivity contribution is 7.10. The quantitative estimate of drug-likeness (QED) is 0.634. The minimum atomic E-state index is -0.661. The first-order chi connectivity index (χ1) is 8.13. The largest absolute Gasteiger partial charge is 0.331 e. The van der Waals surface area contributed by atoms with E-state index in [-0.39, 0.29) is 12.1 Å². The summed E-state index contributed by atoms with van der Waals surface area (Å²) >= 11 is 1.42. The van der Waals surface area contributed by atoms with Crippen LogP contribution in [-0.4, -0.2) is 29.3 Å². The van der Waals surface area contributed by atoms with E-state index in [4.69, 9.17) is 0 Å². The zero-order chi connectivity index (χ0) is 12.4. The summed E-state index contributed by atoms with van der Waals surface area (Å²) in [4.78, 5) is 36.6. The number of carbonyl (C=O) groups is 3. The second-order valence-corrected chi connectivity index (χ2v) is 4.36. The highest BCUT2D eigenvalue weighted by Gasteiger charge is 2.34. The van der Waals surface area contributed by atoms with E-state index in [0.29, 0.717) is 0 Å². The molecule has 4 amide bonds. The molecule has 88 valence electrons. The summed E-state index contributed by atoms with van der Waals surface area (Å²) < 4.78 is 0. The lowest BCUT2D eigenvalue weighted by atomic mass is 10.1. The number of amides is 4. The number of hydrogen-bond acceptors (Lipinski definition) is 4. The number of nitrogens with one attached hydrogen (secondary N) is 1. The van der Waals surface area contributed by atoms with E-state index >= 15 is 0 Å². The molecule has 2 rings (SSSR count). The van der Waals surface area contributed by atoms with Gasteiger partial charge in [-0.2, -0.15) is 0 Å². The lowest BCUT2D eigenvalue weighted by Gasteiger charge is -2.24. The third-order valence-electron chi connectivity index (χ3n) is 2.33. The van der Waals surface area contributed by atoms with Gasteiger partial charge in [0.1, 0.15) is 5.57 Å². The molecule has 6 heteroatoms. The van der Waals surface area contributed by atoms with Gasteiger partial charge >= 0.3 is 6.03 Å². The first-order valence-electron chi connectivity index (χ1n) is 5.06. The van der Waals surface area contributed by atoms with Gasteiger partial charge in [0, 0.05) is 11.4 Å². The molecule has 0 radical (unpaired) electrons. The Bertz CT molecular complexity index is 505. The average molecular weight is 250 g/mol. The molecule has 1 aliphatic rings. The number of rotatable bonds is 2. The van der Waals surface area contributed by atoms with Crippen molar-refractivity contribution in [3.05, 3.63) is 28.0 Å². The fourth-order valence-electron chi connectivity index (χ4n) is 1.50. The van der Waals surface area contributed by atoms with E-state index in [2.05, 4.69) is 5.32 Å². The van der Waals surface area contributed by atoms with Crippen LogP contribution in [0.3, 0.4) is 0 Å². The average Bonchev–Trinajstić information content (AvgIpc) is 2.77. The molecule has 0 aromatic carbocycles. The van der Waals surface area contributed by atoms with Crippen LogP contribution in [0.5, 0.6) is 0 Å². The molecule has 1 fully saturated rings. The molecule has 1 aromatic heterocycles. The van der Waals surface area contributed by atoms with Crippen LogP contribution in [0, 0.1) is 0 Å². The van der Waals surface area contributed by atoms with Crippen molar-refractivity contribution in [2.75, 3.05) is 6.54 Å². The molecule has 5 nitrogen and oxygen atoms in total. The normalized spacial score (nSPS) is 18.8. The highest BCUT2D eigenvalue weighted by Crippen LogP contribution is 2.17. The number of carbonyl (C=O) groups excluding carboxylic acids is 3. The minimum Gasteiger partial charge on any atom is -0.273 e. The summed E-state index contributed by atoms with van der Waals surface area (Å²) in [5, 5.41) is 3.98. The molecular formula is C11H10N2O3S. The Balaban J connectivity index is 2.36. The monoisotopic (exact) mass is 250 g/mol. The Kier molecular flexibility index (Phi) is 3.06. The summed E-state index contributed by atoms with van der Waals surface area (Å²) in [7, 11) is 0. The van der Waals surface area contributed by atoms with Gasteiger partial charge in [0.15, 0.2) is 0 Å². The molecule has 0 unspecified atom stereocenters. The summed E-state index contributed by atoms with van der Waals surface area (Å²) in [6.07, 6.45) is 1.50. The first-order valence-corrected chi connectivity index (χ1v) is 5.94. The maximum absolute atomic E-state index is 11.9. The Hall–Kier alpha value is -1.95. The topological polar surface area (TPSA) is 66.5 Å². The minimum absolute atomic E-state index is 0.00565. The van der Waals surface area contributed by atoms with Crippen LogP contribution in [-0.2, 0) is 9.59 Å². The number of imide groups is 2. The molecule has 0 atom stereocenters. The van der Waals surface area contributed by atoms with Crippen molar-refractivity contribution in [2.24, 2.45) is 0 Å². The van der Waals surface area contributed by atoms with E-state index in [1.54, 1.807) is 13.0 Å². The summed E-state index contributed by atoms with van der Waals surface area (Å²) in [6, 6.07) is 2.96. The van der Waals surface area contributed by atoms with Gasteiger partial charge in [-0.3, -0.25) is 19.8 Å². The SMILES string of the molecule is CCN1C(=O)NC(=O)/C(=C/c2cccs2)C1=O. The molecule has 1 aromatic rings. The van der Waals surface area contributed by atoms with Crippen molar-refractivity contribution in [1.29, 1.82) is 0 Å². The number of likely N-dealkylation sites (N-methyl/N-ethyl adjacent to an activating group) is 1. The third kappa shape index (κ3) is 2.12. The first kappa shape index (κ1) is 11.5. The van der Waals surface area contributed by atoms with Crippen molar-refractivity contribution in [1.82, 2.24) is 10.2 Å². The Morgan fingerprint density at radius 2 is 2.18 bits per heavy atom. The number of hydrogen-bond donors (Lipinski definition) is 1. The molecule has 1 N–H and O–H groups in total. The van der Waals surface area contributed by atoms with Gasteiger partial charge in [0.05, 0.1) is 0 Å². The van der Waals surface area contributed by atoms with Gasteiger partial charge in [-0.15, -0.1) is 11.3 Å². The summed E-state index contributed by atoms with van der Waals surface area (Å²) in [5.74, 6) is -1.19. The molecule has 0 saturated carbocycles. The lowest BCUT2D eigenvalue weighted by molar-refractivity contribution is -0.129. The van der Waals surface area contributed by atoms with E-state index in [1.807, 2.05) is 11.4 Å². The maximum Gasteiger partial charge on any atom is 0.331 e. The number of thiophene rings is 1. The van der Waals surface area contributed by atoms with Crippen molar-refractivity contribution in [3.8, 4) is 0 Å². The van der Waals surface area contributed by atoms with Crippen LogP contribution in [0.15, 0.2) is 23.1 Å². The van der Waals surface area contributed by atoms with Crippen LogP contribution in [0.4, 0.5) is 4.79 Å². The standard InChI is InChI=1S/C11H10N2O3S/c1-2-13-10(15)8(9(14)12-11(13)16)6-7-4-3-5-17-7/h3-6H,2H2,1H3,(H,12,14,16)/b8-6-. The van der Waals surface area contributed by atoms with E-state index in [9.17, 15) is 14.4 Å². The molecule has 1 aliphatic heterocycles. The van der Waals surface area contributed by atoms with Crippen molar-refractivity contribution < 1.29 is 14.4 Å². The number of barbiturate groups is 1. The Morgan fingerprint density at radius 3 is 2.76 bits per heavy atom. The second-order valence-electron chi connectivity index (χ2n) is 3.38. The predicted molar refractivity (Wildman–Crippen MR) is 63.2 cm³/mol. The van der Waals surface area contributed by atoms with Crippen molar-refractivity contribution >= 4 is 35.3 Å². The van der Waals surface area contributed by atoms with Gasteiger partial charge in [-0.25, -0.2) is 4.79 Å². The van der Waals surface area contributed by atoms with Crippen molar-refractivity contribution in [3.63, 3.8) is 0 Å². The van der Waals surface area contributed by atoms with Gasteiger partial charge in [0.2, 0.25) is 0 Å². The predicted octanol–water partition coefficient (Wildman–Crippen LogP) is 1.23. The summed E-state index contributed by atoms with van der Waals surface area (Å²) in [5.41, 5.74) is -0.00565. The Labute approximate surface area is 102 Å². The lowest BCUT2D eigenvalue weighted by Crippen LogP contribution is -2.53. The van der Waals surface area contributed by atoms with E-state index in [1.165, 1.54) is 17.4 Å².